The van der Waals surface area contributed by atoms with Gasteiger partial charge in [-0.1, -0.05) is 157 Å². The summed E-state index contributed by atoms with van der Waals surface area (Å²) in [5, 5.41) is 13.7. The molecule has 2 aliphatic heterocycles. The number of nitrogens with one attached hydrogen (secondary N) is 2. The number of alkyl carbamates (subject to hydrolysis) is 2. The van der Waals surface area contributed by atoms with Crippen molar-refractivity contribution in [2.45, 2.75) is 90.0 Å². The second-order valence-corrected chi connectivity index (χ2v) is 19.9. The predicted octanol–water partition coefficient (Wildman–Crippen LogP) is 8.24. The van der Waals surface area contributed by atoms with Crippen molar-refractivity contribution in [2.75, 3.05) is 26.2 Å². The van der Waals surface area contributed by atoms with Gasteiger partial charge in [-0.25, -0.2) is 9.59 Å². The number of carbonyl (C=O) groups excluding carboxylic acids is 2. The molecule has 2 heterocycles. The Bertz CT molecular complexity index is 2070. The highest BCUT2D eigenvalue weighted by Gasteiger charge is 2.35. The lowest BCUT2D eigenvalue weighted by Crippen LogP contribution is -2.48. The van der Waals surface area contributed by atoms with Crippen molar-refractivity contribution < 1.29 is 19.1 Å². The van der Waals surface area contributed by atoms with Crippen LogP contribution in [0.3, 0.4) is 0 Å². The molecule has 5 aromatic carbocycles. The van der Waals surface area contributed by atoms with Gasteiger partial charge in [-0.3, -0.25) is 9.80 Å². The molecule has 5 aromatic rings. The molecular formula is C50H63N8O4P. The second kappa shape index (κ2) is 23.6. The van der Waals surface area contributed by atoms with Gasteiger partial charge in [-0.2, -0.15) is 0 Å². The molecule has 0 aliphatic carbocycles. The van der Waals surface area contributed by atoms with Crippen LogP contribution in [0.1, 0.15) is 52.7 Å². The number of carbonyl (C=O) groups is 2. The predicted molar refractivity (Wildman–Crippen MR) is 256 cm³/mol. The van der Waals surface area contributed by atoms with Crippen LogP contribution in [0.15, 0.2) is 157 Å². The van der Waals surface area contributed by atoms with E-state index in [4.69, 9.17) is 20.7 Å². The van der Waals surface area contributed by atoms with Crippen LogP contribution in [0.5, 0.6) is 0 Å². The van der Waals surface area contributed by atoms with Crippen LogP contribution in [0.4, 0.5) is 9.59 Å². The lowest BCUT2D eigenvalue weighted by molar-refractivity contribution is 0.0490. The maximum absolute atomic E-state index is 11.9. The van der Waals surface area contributed by atoms with Crippen LogP contribution in [0.25, 0.3) is 10.4 Å². The number of hydrogen-bond donors (Lipinski definition) is 3. The zero-order chi connectivity index (χ0) is 45.2. The van der Waals surface area contributed by atoms with Gasteiger partial charge in [-0.05, 0) is 82.0 Å². The third kappa shape index (κ3) is 16.8. The normalized spacial score (nSPS) is 18.7. The summed E-state index contributed by atoms with van der Waals surface area (Å²) in [5.74, 6) is 0. The van der Waals surface area contributed by atoms with Crippen LogP contribution in [0.2, 0.25) is 0 Å². The maximum atomic E-state index is 11.9. The number of rotatable bonds is 10. The third-order valence-corrected chi connectivity index (χ3v) is 12.4. The number of hydrogen-bond acceptors (Lipinski definition) is 8. The van der Waals surface area contributed by atoms with Gasteiger partial charge >= 0.3 is 12.2 Å². The fourth-order valence-electron chi connectivity index (χ4n) is 7.30. The fourth-order valence-corrected chi connectivity index (χ4v) is 9.60. The first-order chi connectivity index (χ1) is 30.2. The van der Waals surface area contributed by atoms with Gasteiger partial charge in [-0.15, -0.1) is 0 Å². The van der Waals surface area contributed by atoms with E-state index in [0.29, 0.717) is 13.1 Å². The van der Waals surface area contributed by atoms with Gasteiger partial charge in [0.15, 0.2) is 0 Å². The summed E-state index contributed by atoms with van der Waals surface area (Å²) in [6.07, 6.45) is -0.883. The van der Waals surface area contributed by atoms with Crippen molar-refractivity contribution >= 4 is 36.0 Å². The molecule has 13 heteroatoms. The van der Waals surface area contributed by atoms with Crippen molar-refractivity contribution in [1.29, 1.82) is 0 Å². The number of nitrogens with two attached hydrogens (primary N) is 1. The van der Waals surface area contributed by atoms with Crippen molar-refractivity contribution in [3.63, 3.8) is 0 Å². The highest BCUT2D eigenvalue weighted by molar-refractivity contribution is 7.79. The summed E-state index contributed by atoms with van der Waals surface area (Å²) in [4.78, 5) is 31.1. The van der Waals surface area contributed by atoms with Crippen LogP contribution in [-0.2, 0) is 22.6 Å². The largest absolute Gasteiger partial charge is 0.444 e. The SMILES string of the molecule is CC(C)(C)OC(=O)N[C@@H]1CN(Cc2ccccc2)C[C@H]1N.CC(C)(C)OC(=O)N[C@@H]1CN(Cc2ccccc2)C[C@H]1N=[N+]=[N-].c1ccc(P(c2ccccc2)c2ccccc2)cc1. The van der Waals surface area contributed by atoms with Crippen molar-refractivity contribution in [1.82, 2.24) is 20.4 Å². The number of ether oxygens (including phenoxy) is 2. The number of nitrogens with zero attached hydrogens (tertiary/aromatic N) is 5. The molecule has 0 aromatic heterocycles. The molecule has 2 fully saturated rings. The summed E-state index contributed by atoms with van der Waals surface area (Å²) in [6.45, 7) is 15.3. The monoisotopic (exact) mass is 870 g/mol. The Kier molecular flexibility index (Phi) is 18.1. The first-order valence-electron chi connectivity index (χ1n) is 21.4. The van der Waals surface area contributed by atoms with Gasteiger partial charge in [0.2, 0.25) is 0 Å². The smallest absolute Gasteiger partial charge is 0.407 e. The molecule has 12 nitrogen and oxygen atoms in total. The van der Waals surface area contributed by atoms with E-state index in [2.05, 4.69) is 146 Å². The van der Waals surface area contributed by atoms with Crippen molar-refractivity contribution in [2.24, 2.45) is 10.8 Å². The maximum Gasteiger partial charge on any atom is 0.407 e. The molecule has 332 valence electrons. The molecule has 4 atom stereocenters. The average Bonchev–Trinajstić information content (AvgIpc) is 3.78. The Morgan fingerprint density at radius 1 is 0.603 bits per heavy atom. The molecular weight excluding hydrogens is 808 g/mol. The van der Waals surface area contributed by atoms with Gasteiger partial charge in [0.1, 0.15) is 11.2 Å². The molecule has 2 saturated heterocycles. The summed E-state index contributed by atoms with van der Waals surface area (Å²) in [6, 6.07) is 52.0. The number of azide groups is 1. The van der Waals surface area contributed by atoms with Crippen LogP contribution in [-0.4, -0.2) is 83.5 Å². The summed E-state index contributed by atoms with van der Waals surface area (Å²) in [7, 11) is -0.446. The van der Waals surface area contributed by atoms with Crippen molar-refractivity contribution in [3.05, 3.63) is 173 Å². The molecule has 0 radical (unpaired) electrons. The minimum atomic E-state index is -0.555. The lowest BCUT2D eigenvalue weighted by atomic mass is 10.2. The van der Waals surface area contributed by atoms with Gasteiger partial charge in [0.25, 0.3) is 0 Å². The van der Waals surface area contributed by atoms with E-state index >= 15 is 0 Å². The van der Waals surface area contributed by atoms with E-state index in [-0.39, 0.29) is 24.2 Å². The Morgan fingerprint density at radius 3 is 1.33 bits per heavy atom. The third-order valence-electron chi connectivity index (χ3n) is 9.95. The molecule has 4 N–H and O–H groups in total. The molecule has 63 heavy (non-hydrogen) atoms. The van der Waals surface area contributed by atoms with E-state index < -0.39 is 31.3 Å². The fraction of sp³-hybridized carbons (Fsp3) is 0.360. The summed E-state index contributed by atoms with van der Waals surface area (Å²) in [5.41, 5.74) is 16.3. The molecule has 0 unspecified atom stereocenters. The van der Waals surface area contributed by atoms with E-state index in [0.717, 1.165) is 26.2 Å². The zero-order valence-corrected chi connectivity index (χ0v) is 38.3. The van der Waals surface area contributed by atoms with E-state index in [9.17, 15) is 9.59 Å². The molecule has 7 rings (SSSR count). The summed E-state index contributed by atoms with van der Waals surface area (Å²) >= 11 is 0. The minimum absolute atomic E-state index is 0.0661. The Hall–Kier alpha value is -5.74. The standard InChI is InChI=1S/C18H15P.C16H23N5O2.C16H25N3O2/c1-4-10-16(11-5-1)19(17-12-6-2-7-13-17)18-14-8-3-9-15-18;1-16(2,3)23-15(22)18-13-10-21(11-14(13)19-20-17)9-12-7-5-4-6-8-12;1-16(2,3)21-15(20)18-14-11-19(10-13(14)17)9-12-7-5-4-6-8-12/h1-15H;4-8,13-14H,9-11H2,1-3H3,(H,18,22);4-8,13-14H,9-11,17H2,1-3H3,(H,18,20)/t;2*13-,14-/m.11/s1. The topological polar surface area (TPSA) is 158 Å². The molecule has 0 spiro atoms. The van der Waals surface area contributed by atoms with Crippen LogP contribution < -0.4 is 32.3 Å². The Balaban J connectivity index is 0.000000179. The van der Waals surface area contributed by atoms with Gasteiger partial charge in [0.05, 0.1) is 18.1 Å². The number of benzene rings is 5. The molecule has 2 amide bonds. The molecule has 2 aliphatic rings. The summed E-state index contributed by atoms with van der Waals surface area (Å²) < 4.78 is 10.6. The zero-order valence-electron chi connectivity index (χ0n) is 37.4. The minimum Gasteiger partial charge on any atom is -0.444 e. The molecule has 0 saturated carbocycles. The highest BCUT2D eigenvalue weighted by atomic mass is 31.1. The Labute approximate surface area is 374 Å². The second-order valence-electron chi connectivity index (χ2n) is 17.6. The molecule has 0 bridgehead atoms. The van der Waals surface area contributed by atoms with E-state index in [1.807, 2.05) is 77.9 Å². The van der Waals surface area contributed by atoms with Crippen molar-refractivity contribution in [3.8, 4) is 0 Å². The average molecular weight is 871 g/mol. The van der Waals surface area contributed by atoms with E-state index in [1.54, 1.807) is 0 Å². The van der Waals surface area contributed by atoms with Gasteiger partial charge in [0, 0.05) is 50.2 Å². The number of likely N-dealkylation sites (tertiary alicyclic amines) is 2. The van der Waals surface area contributed by atoms with E-state index in [1.165, 1.54) is 27.0 Å². The lowest BCUT2D eigenvalue weighted by Gasteiger charge is -2.23. The quantitative estimate of drug-likeness (QED) is 0.0552. The Morgan fingerprint density at radius 2 is 0.952 bits per heavy atom. The first kappa shape index (κ1) is 48.3. The van der Waals surface area contributed by atoms with Crippen LogP contribution >= 0.6 is 7.92 Å². The van der Waals surface area contributed by atoms with Crippen LogP contribution in [0, 0.1) is 0 Å². The van der Waals surface area contributed by atoms with Gasteiger partial charge < -0.3 is 25.8 Å². The first-order valence-corrected chi connectivity index (χ1v) is 22.8. The highest BCUT2D eigenvalue weighted by Crippen LogP contribution is 2.32. The number of amides is 2.